The Morgan fingerprint density at radius 2 is 1.91 bits per heavy atom. The summed E-state index contributed by atoms with van der Waals surface area (Å²) >= 11 is 0. The number of amides is 2. The highest BCUT2D eigenvalue weighted by atomic mass is 19.1. The van der Waals surface area contributed by atoms with Gasteiger partial charge in [0.15, 0.2) is 0 Å². The van der Waals surface area contributed by atoms with E-state index in [0.29, 0.717) is 29.6 Å². The van der Waals surface area contributed by atoms with Crippen molar-refractivity contribution in [3.8, 4) is 11.8 Å². The van der Waals surface area contributed by atoms with Crippen LogP contribution in [-0.2, 0) is 21.7 Å². The molecule has 3 fully saturated rings. The van der Waals surface area contributed by atoms with Crippen LogP contribution in [0.15, 0.2) is 77.3 Å². The summed E-state index contributed by atoms with van der Waals surface area (Å²) in [7, 11) is 1.83. The second-order valence-corrected chi connectivity index (χ2v) is 12.2. The smallest absolute Gasteiger partial charge is 0.284 e. The zero-order valence-corrected chi connectivity index (χ0v) is 26.6. The van der Waals surface area contributed by atoms with Crippen molar-refractivity contribution < 1.29 is 18.8 Å². The maximum absolute atomic E-state index is 13.4. The number of hydrogen-bond donors (Lipinski definition) is 5. The van der Waals surface area contributed by atoms with Crippen LogP contribution in [-0.4, -0.2) is 50.5 Å². The lowest BCUT2D eigenvalue weighted by atomic mass is 9.93. The molecule has 4 aliphatic rings. The van der Waals surface area contributed by atoms with Crippen molar-refractivity contribution >= 4 is 29.9 Å². The maximum Gasteiger partial charge on any atom is 0.284 e. The maximum atomic E-state index is 13.4. The van der Waals surface area contributed by atoms with Gasteiger partial charge in [0.2, 0.25) is 6.29 Å². The zero-order chi connectivity index (χ0) is 33.2. The van der Waals surface area contributed by atoms with Crippen LogP contribution in [0.5, 0.6) is 0 Å². The topological polar surface area (TPSA) is 138 Å². The summed E-state index contributed by atoms with van der Waals surface area (Å²) in [6.07, 6.45) is 13.1. The molecular formula is C37H41FN6O3. The van der Waals surface area contributed by atoms with Crippen molar-refractivity contribution in [2.75, 3.05) is 20.1 Å². The van der Waals surface area contributed by atoms with Gasteiger partial charge in [-0.05, 0) is 104 Å². The number of carbonyl (C=O) groups excluding carboxylic acids is 3. The van der Waals surface area contributed by atoms with Crippen molar-refractivity contribution in [1.29, 1.82) is 0 Å². The second-order valence-electron chi connectivity index (χ2n) is 12.2. The number of halogens is 1. The minimum Gasteiger partial charge on any atom is -0.404 e. The summed E-state index contributed by atoms with van der Waals surface area (Å²) in [5.41, 5.74) is 11.8. The Labute approximate surface area is 275 Å². The molecule has 2 amide bonds. The average Bonchev–Trinajstić information content (AvgIpc) is 3.94. The van der Waals surface area contributed by atoms with Gasteiger partial charge in [0, 0.05) is 30.1 Å². The molecule has 6 N–H and O–H groups in total. The van der Waals surface area contributed by atoms with Crippen LogP contribution in [0.2, 0.25) is 0 Å². The Morgan fingerprint density at radius 3 is 2.55 bits per heavy atom. The van der Waals surface area contributed by atoms with Gasteiger partial charge in [0.1, 0.15) is 5.83 Å². The molecular weight excluding hydrogens is 595 g/mol. The standard InChI is InChI=1S/C28H30N4O3.C9H11FN2/c29-14-22(16-30-24-7-8-24)21-11-20(18-5-6-18)12-23(13-21)28(9-10-28)32-27(35)25-4-2-1-3-19(25)15-31-26(34)17-33;1-11-6-2-3-9-5-4-8(10)7-12-9/h1-4,11-14,16-18,24H,5-10,15,29H2,(H,31,34)(H,32,35);4-5,11-12H,6-7H2,1H3/b22-14+,30-16?;. The number of aldehydes is 1. The van der Waals surface area contributed by atoms with E-state index in [2.05, 4.69) is 56.3 Å². The Kier molecular flexibility index (Phi) is 11.0. The quantitative estimate of drug-likeness (QED) is 0.110. The Balaban J connectivity index is 0.000000305. The van der Waals surface area contributed by atoms with Gasteiger partial charge >= 0.3 is 0 Å². The fourth-order valence-corrected chi connectivity index (χ4v) is 5.17. The molecule has 1 heterocycles. The molecule has 1 aliphatic heterocycles. The van der Waals surface area contributed by atoms with Crippen molar-refractivity contribution in [1.82, 2.24) is 21.3 Å². The summed E-state index contributed by atoms with van der Waals surface area (Å²) in [6, 6.07) is 14.1. The van der Waals surface area contributed by atoms with Gasteiger partial charge in [-0.1, -0.05) is 36.3 Å². The van der Waals surface area contributed by atoms with E-state index in [0.717, 1.165) is 48.1 Å². The first-order valence-electron chi connectivity index (χ1n) is 16.0. The van der Waals surface area contributed by atoms with E-state index in [1.54, 1.807) is 36.5 Å². The molecule has 0 saturated heterocycles. The monoisotopic (exact) mass is 636 g/mol. The van der Waals surface area contributed by atoms with Gasteiger partial charge in [-0.2, -0.15) is 0 Å². The normalized spacial score (nSPS) is 17.9. The number of allylic oxidation sites excluding steroid dienone is 4. The van der Waals surface area contributed by atoms with E-state index >= 15 is 0 Å². The van der Waals surface area contributed by atoms with E-state index in [4.69, 9.17) is 5.73 Å². The first-order valence-corrected chi connectivity index (χ1v) is 16.0. The lowest BCUT2D eigenvalue weighted by molar-refractivity contribution is -0.131. The molecule has 6 rings (SSSR count). The van der Waals surface area contributed by atoms with Crippen LogP contribution in [0, 0.1) is 11.8 Å². The SMILES string of the molecule is CNCC#CC1=CC=C(F)CN1.N/C=C(\C=NC1CC1)c1cc(C2CC2)cc(C2(NC(=O)c3ccccc3CNC(=O)C=O)CC2)c1. The number of nitrogens with two attached hydrogens (primary N) is 1. The third-order valence-corrected chi connectivity index (χ3v) is 8.33. The zero-order valence-electron chi connectivity index (χ0n) is 26.6. The minimum absolute atomic E-state index is 0.112. The lowest BCUT2D eigenvalue weighted by Gasteiger charge is -2.21. The Morgan fingerprint density at radius 1 is 1.13 bits per heavy atom. The van der Waals surface area contributed by atoms with Crippen LogP contribution in [0.1, 0.15) is 77.1 Å². The number of dihydropyridines is 1. The highest BCUT2D eigenvalue weighted by molar-refractivity contribution is 6.23. The van der Waals surface area contributed by atoms with Crippen molar-refractivity contribution in [2.45, 2.75) is 62.6 Å². The number of benzene rings is 2. The largest absolute Gasteiger partial charge is 0.404 e. The predicted molar refractivity (Wildman–Crippen MR) is 182 cm³/mol. The van der Waals surface area contributed by atoms with Crippen LogP contribution in [0.25, 0.3) is 5.57 Å². The molecule has 0 aromatic heterocycles. The highest BCUT2D eigenvalue weighted by Gasteiger charge is 2.46. The molecule has 47 heavy (non-hydrogen) atoms. The molecule has 0 atom stereocenters. The van der Waals surface area contributed by atoms with Gasteiger partial charge in [-0.25, -0.2) is 4.39 Å². The first-order chi connectivity index (χ1) is 22.8. The fraction of sp³-hybridized carbons (Fsp3) is 0.351. The van der Waals surface area contributed by atoms with Crippen LogP contribution in [0.4, 0.5) is 4.39 Å². The fourth-order valence-electron chi connectivity index (χ4n) is 5.17. The highest BCUT2D eigenvalue weighted by Crippen LogP contribution is 2.49. The van der Waals surface area contributed by atoms with E-state index in [1.165, 1.54) is 24.5 Å². The van der Waals surface area contributed by atoms with Crippen LogP contribution in [0.3, 0.4) is 0 Å². The van der Waals surface area contributed by atoms with Gasteiger partial charge in [-0.3, -0.25) is 19.4 Å². The van der Waals surface area contributed by atoms with Crippen LogP contribution >= 0.6 is 0 Å². The Hall–Kier alpha value is -5.01. The number of carbonyl (C=O) groups is 3. The molecule has 2 aromatic carbocycles. The molecule has 244 valence electrons. The molecule has 0 radical (unpaired) electrons. The molecule has 10 heteroatoms. The molecule has 0 bridgehead atoms. The van der Waals surface area contributed by atoms with Gasteiger partial charge < -0.3 is 27.0 Å². The minimum atomic E-state index is -0.711. The lowest BCUT2D eigenvalue weighted by Crippen LogP contribution is -2.36. The summed E-state index contributed by atoms with van der Waals surface area (Å²) in [4.78, 5) is 40.0. The molecule has 3 aliphatic carbocycles. The number of aliphatic imine (C=N–C) groups is 1. The Bertz CT molecular complexity index is 1690. The average molecular weight is 637 g/mol. The van der Waals surface area contributed by atoms with Gasteiger partial charge in [0.05, 0.1) is 30.4 Å². The molecule has 9 nitrogen and oxygen atoms in total. The van der Waals surface area contributed by atoms with Crippen molar-refractivity contribution in [3.63, 3.8) is 0 Å². The first kappa shape index (κ1) is 33.4. The summed E-state index contributed by atoms with van der Waals surface area (Å²) < 4.78 is 12.4. The molecule has 0 spiro atoms. The van der Waals surface area contributed by atoms with Gasteiger partial charge in [-0.15, -0.1) is 0 Å². The second kappa shape index (κ2) is 15.5. The summed E-state index contributed by atoms with van der Waals surface area (Å²) in [5.74, 6) is 5.24. The third kappa shape index (κ3) is 9.50. The predicted octanol–water partition coefficient (Wildman–Crippen LogP) is 3.88. The molecule has 0 unspecified atom stereocenters. The summed E-state index contributed by atoms with van der Waals surface area (Å²) in [6.45, 7) is 1.01. The molecule has 3 saturated carbocycles. The van der Waals surface area contributed by atoms with Crippen molar-refractivity contribution in [3.05, 3.63) is 100 Å². The van der Waals surface area contributed by atoms with Crippen LogP contribution < -0.4 is 27.0 Å². The summed E-state index contributed by atoms with van der Waals surface area (Å²) in [5, 5.41) is 11.5. The van der Waals surface area contributed by atoms with E-state index in [-0.39, 0.29) is 31.1 Å². The number of nitrogens with one attached hydrogen (secondary N) is 4. The van der Waals surface area contributed by atoms with E-state index in [1.807, 2.05) is 13.3 Å². The number of rotatable bonds is 11. The van der Waals surface area contributed by atoms with E-state index in [9.17, 15) is 18.8 Å². The number of nitrogens with zero attached hydrogens (tertiary/aromatic N) is 1. The third-order valence-electron chi connectivity index (χ3n) is 8.33. The van der Waals surface area contributed by atoms with Crippen molar-refractivity contribution in [2.24, 2.45) is 10.7 Å². The number of hydrogen-bond acceptors (Lipinski definition) is 7. The molecule has 2 aromatic rings. The van der Waals surface area contributed by atoms with E-state index < -0.39 is 11.4 Å². The van der Waals surface area contributed by atoms with Gasteiger partial charge in [0.25, 0.3) is 11.8 Å².